The predicted molar refractivity (Wildman–Crippen MR) is 117 cm³/mol. The van der Waals surface area contributed by atoms with Crippen molar-refractivity contribution in [1.82, 2.24) is 9.97 Å². The van der Waals surface area contributed by atoms with Crippen molar-refractivity contribution in [2.45, 2.75) is 89.2 Å². The van der Waals surface area contributed by atoms with Crippen LogP contribution in [0.3, 0.4) is 0 Å². The van der Waals surface area contributed by atoms with E-state index in [0.29, 0.717) is 6.42 Å². The van der Waals surface area contributed by atoms with Crippen molar-refractivity contribution in [2.24, 2.45) is 0 Å². The number of hydrogen-bond acceptors (Lipinski definition) is 8. The number of methoxy groups -OCH3 is 1. The standard InChI is InChI=1S/C21H33N2O8P/c1-8-13-15(22-12(4)19(25)23-13)17-18(29-7)16(24)14(30-17)11-20(5,9-2)31-32(27,28)21(6,26)10-3/h1,14,16-18,24,26H,9-11H2,2-7H3,(H,23,25)(H,27,28). The van der Waals surface area contributed by atoms with Gasteiger partial charge in [-0.15, -0.1) is 6.42 Å². The molecule has 1 aromatic heterocycles. The maximum atomic E-state index is 12.7. The van der Waals surface area contributed by atoms with E-state index in [0.717, 1.165) is 0 Å². The minimum atomic E-state index is -4.42. The van der Waals surface area contributed by atoms with Crippen LogP contribution in [0.15, 0.2) is 4.79 Å². The van der Waals surface area contributed by atoms with Gasteiger partial charge in [-0.05, 0) is 33.6 Å². The summed E-state index contributed by atoms with van der Waals surface area (Å²) >= 11 is 0. The summed E-state index contributed by atoms with van der Waals surface area (Å²) in [6.07, 6.45) is 2.13. The molecule has 11 heteroatoms. The molecule has 1 aliphatic rings. The first-order valence-electron chi connectivity index (χ1n) is 10.5. The number of ether oxygens (including phenoxy) is 2. The van der Waals surface area contributed by atoms with Crippen LogP contribution in [0.5, 0.6) is 0 Å². The molecule has 2 rings (SSSR count). The van der Waals surface area contributed by atoms with Crippen LogP contribution in [0.2, 0.25) is 0 Å². The Morgan fingerprint density at radius 2 is 1.97 bits per heavy atom. The van der Waals surface area contributed by atoms with Gasteiger partial charge in [0.1, 0.15) is 35.4 Å². The molecule has 180 valence electrons. The van der Waals surface area contributed by atoms with E-state index in [1.807, 2.05) is 0 Å². The van der Waals surface area contributed by atoms with Gasteiger partial charge in [-0.2, -0.15) is 0 Å². The van der Waals surface area contributed by atoms with Gasteiger partial charge >= 0.3 is 7.60 Å². The van der Waals surface area contributed by atoms with Gasteiger partial charge in [0.2, 0.25) is 0 Å². The number of aromatic nitrogens is 2. The number of hydrogen-bond donors (Lipinski definition) is 4. The van der Waals surface area contributed by atoms with Crippen molar-refractivity contribution in [1.29, 1.82) is 0 Å². The summed E-state index contributed by atoms with van der Waals surface area (Å²) in [5.74, 6) is 2.37. The summed E-state index contributed by atoms with van der Waals surface area (Å²) < 4.78 is 29.8. The fraction of sp³-hybridized carbons (Fsp3) is 0.714. The lowest BCUT2D eigenvalue weighted by atomic mass is 9.92. The molecule has 1 aliphatic heterocycles. The average Bonchev–Trinajstić information content (AvgIpc) is 3.03. The van der Waals surface area contributed by atoms with E-state index in [-0.39, 0.29) is 29.9 Å². The van der Waals surface area contributed by atoms with Gasteiger partial charge in [0, 0.05) is 13.5 Å². The lowest BCUT2D eigenvalue weighted by Gasteiger charge is -2.37. The minimum absolute atomic E-state index is 0.0169. The average molecular weight is 472 g/mol. The number of nitrogens with one attached hydrogen (secondary N) is 1. The Morgan fingerprint density at radius 3 is 2.47 bits per heavy atom. The van der Waals surface area contributed by atoms with Crippen LogP contribution in [0.25, 0.3) is 0 Å². The van der Waals surface area contributed by atoms with E-state index < -0.39 is 48.5 Å². The van der Waals surface area contributed by atoms with Crippen LogP contribution in [0.1, 0.15) is 70.1 Å². The van der Waals surface area contributed by atoms with Crippen molar-refractivity contribution in [3.05, 3.63) is 27.4 Å². The fourth-order valence-corrected chi connectivity index (χ4v) is 4.93. The van der Waals surface area contributed by atoms with Gasteiger partial charge in [0.25, 0.3) is 5.56 Å². The van der Waals surface area contributed by atoms with Crippen molar-refractivity contribution in [2.75, 3.05) is 7.11 Å². The number of aromatic amines is 1. The molecule has 0 amide bonds. The van der Waals surface area contributed by atoms with Crippen LogP contribution in [-0.4, -0.2) is 61.4 Å². The largest absolute Gasteiger partial charge is 0.388 e. The highest BCUT2D eigenvalue weighted by molar-refractivity contribution is 7.54. The normalized spacial score (nSPS) is 29.0. The molecule has 1 saturated heterocycles. The second kappa shape index (κ2) is 9.74. The molecule has 0 saturated carbocycles. The Balaban J connectivity index is 2.36. The van der Waals surface area contributed by atoms with Gasteiger partial charge in [0.15, 0.2) is 5.34 Å². The van der Waals surface area contributed by atoms with E-state index in [1.54, 1.807) is 20.8 Å². The molecule has 0 aliphatic carbocycles. The molecule has 10 nitrogen and oxygen atoms in total. The molecule has 0 spiro atoms. The van der Waals surface area contributed by atoms with E-state index in [1.165, 1.54) is 21.0 Å². The molecular formula is C21H33N2O8P. The summed E-state index contributed by atoms with van der Waals surface area (Å²) in [7, 11) is -3.02. The molecule has 0 bridgehead atoms. The maximum absolute atomic E-state index is 12.7. The summed E-state index contributed by atoms with van der Waals surface area (Å²) in [6, 6.07) is 0. The lowest BCUT2D eigenvalue weighted by molar-refractivity contribution is -0.0538. The first-order chi connectivity index (χ1) is 14.8. The van der Waals surface area contributed by atoms with Gasteiger partial charge < -0.3 is 34.1 Å². The number of aryl methyl sites for hydroxylation is 1. The Kier molecular flexibility index (Phi) is 8.12. The third-order valence-electron chi connectivity index (χ3n) is 6.14. The summed E-state index contributed by atoms with van der Waals surface area (Å²) in [5, 5.41) is 19.3. The quantitative estimate of drug-likeness (QED) is 0.311. The monoisotopic (exact) mass is 472 g/mol. The van der Waals surface area contributed by atoms with E-state index in [4.69, 9.17) is 20.4 Å². The van der Waals surface area contributed by atoms with Gasteiger partial charge in [-0.3, -0.25) is 9.36 Å². The Hall–Kier alpha value is -1.57. The Morgan fingerprint density at radius 1 is 1.34 bits per heavy atom. The number of terminal acetylenes is 1. The van der Waals surface area contributed by atoms with Crippen molar-refractivity contribution in [3.63, 3.8) is 0 Å². The van der Waals surface area contributed by atoms with Crippen LogP contribution >= 0.6 is 7.60 Å². The predicted octanol–water partition coefficient (Wildman–Crippen LogP) is 1.75. The Labute approximate surface area is 187 Å². The van der Waals surface area contributed by atoms with E-state index in [2.05, 4.69) is 15.9 Å². The molecule has 2 heterocycles. The molecule has 0 aromatic carbocycles. The number of aliphatic hydroxyl groups excluding tert-OH is 1. The molecular weight excluding hydrogens is 439 g/mol. The summed E-state index contributed by atoms with van der Waals surface area (Å²) in [6.45, 7) is 7.72. The highest BCUT2D eigenvalue weighted by atomic mass is 31.2. The van der Waals surface area contributed by atoms with Gasteiger partial charge in [-0.1, -0.05) is 19.8 Å². The zero-order valence-corrected chi connectivity index (χ0v) is 20.2. The number of H-pyrrole nitrogens is 1. The van der Waals surface area contributed by atoms with E-state index in [9.17, 15) is 24.5 Å². The molecule has 0 radical (unpaired) electrons. The summed E-state index contributed by atoms with van der Waals surface area (Å²) in [4.78, 5) is 29.1. The molecule has 7 unspecified atom stereocenters. The smallest absolute Gasteiger partial charge is 0.359 e. The zero-order valence-electron chi connectivity index (χ0n) is 19.3. The second-order valence-corrected chi connectivity index (χ2v) is 10.7. The van der Waals surface area contributed by atoms with Crippen LogP contribution in [-0.2, 0) is 18.6 Å². The van der Waals surface area contributed by atoms with Crippen molar-refractivity contribution in [3.8, 4) is 12.3 Å². The number of rotatable bonds is 9. The van der Waals surface area contributed by atoms with Gasteiger partial charge in [-0.25, -0.2) is 4.98 Å². The van der Waals surface area contributed by atoms with E-state index >= 15 is 0 Å². The minimum Gasteiger partial charge on any atom is -0.388 e. The fourth-order valence-electron chi connectivity index (χ4n) is 3.53. The molecule has 7 atom stereocenters. The molecule has 4 N–H and O–H groups in total. The first kappa shape index (κ1) is 26.7. The van der Waals surface area contributed by atoms with Crippen LogP contribution < -0.4 is 5.56 Å². The third-order valence-corrected chi connectivity index (χ3v) is 8.36. The number of nitrogens with zero attached hydrogens (tertiary/aromatic N) is 1. The molecule has 32 heavy (non-hydrogen) atoms. The molecule has 1 fully saturated rings. The first-order valence-corrected chi connectivity index (χ1v) is 12.0. The SMILES string of the molecule is C#Cc1[nH]c(=O)c(C)nc1C1OC(CC(C)(CC)OP(=O)(O)C(C)(O)CC)C(O)C1OC. The topological polar surface area (TPSA) is 151 Å². The molecule has 1 aromatic rings. The Bertz CT molecular complexity index is 972. The van der Waals surface area contributed by atoms with Crippen LogP contribution in [0, 0.1) is 19.3 Å². The highest BCUT2D eigenvalue weighted by Crippen LogP contribution is 2.59. The zero-order chi connectivity index (χ0) is 24.5. The van der Waals surface area contributed by atoms with Crippen molar-refractivity contribution >= 4 is 7.60 Å². The third kappa shape index (κ3) is 5.15. The van der Waals surface area contributed by atoms with Crippen LogP contribution in [0.4, 0.5) is 0 Å². The van der Waals surface area contributed by atoms with Gasteiger partial charge in [0.05, 0.1) is 11.7 Å². The summed E-state index contributed by atoms with van der Waals surface area (Å²) in [5.41, 5.74) is -1.08. The second-order valence-electron chi connectivity index (χ2n) is 8.53. The van der Waals surface area contributed by atoms with Crippen molar-refractivity contribution < 1.29 is 33.7 Å². The maximum Gasteiger partial charge on any atom is 0.359 e. The lowest BCUT2D eigenvalue weighted by Crippen LogP contribution is -2.40. The highest BCUT2D eigenvalue weighted by Gasteiger charge is 2.51. The number of aliphatic hydroxyl groups is 2.